The molecule has 1 saturated heterocycles. The quantitative estimate of drug-likeness (QED) is 0.747. The minimum Gasteiger partial charge on any atom is -0.396 e. The van der Waals surface area contributed by atoms with E-state index in [2.05, 4.69) is 10.2 Å². The summed E-state index contributed by atoms with van der Waals surface area (Å²) in [4.78, 5) is 14.1. The van der Waals surface area contributed by atoms with Crippen molar-refractivity contribution in [2.24, 2.45) is 5.92 Å². The fourth-order valence-electron chi connectivity index (χ4n) is 2.94. The van der Waals surface area contributed by atoms with Gasteiger partial charge >= 0.3 is 0 Å². The zero-order chi connectivity index (χ0) is 12.8. The number of rotatable bonds is 6. The average molecular weight is 254 g/mol. The van der Waals surface area contributed by atoms with Gasteiger partial charge in [-0.25, -0.2) is 0 Å². The van der Waals surface area contributed by atoms with E-state index in [4.69, 9.17) is 5.11 Å². The smallest absolute Gasteiger partial charge is 0.234 e. The van der Waals surface area contributed by atoms with E-state index < -0.39 is 0 Å². The lowest BCUT2D eigenvalue weighted by molar-refractivity contribution is -0.123. The molecule has 0 aromatic rings. The predicted octanol–water partition coefficient (Wildman–Crippen LogP) is 1.14. The van der Waals surface area contributed by atoms with Crippen LogP contribution in [-0.4, -0.2) is 48.2 Å². The molecule has 0 aromatic carbocycles. The molecule has 4 nitrogen and oxygen atoms in total. The molecular weight excluding hydrogens is 228 g/mol. The molecule has 0 aromatic heterocycles. The number of aliphatic hydroxyl groups is 1. The van der Waals surface area contributed by atoms with Crippen LogP contribution in [0.4, 0.5) is 0 Å². The highest BCUT2D eigenvalue weighted by Gasteiger charge is 2.24. The lowest BCUT2D eigenvalue weighted by Gasteiger charge is -2.35. The Balaban J connectivity index is 1.69. The molecule has 18 heavy (non-hydrogen) atoms. The number of amides is 1. The molecule has 1 aliphatic heterocycles. The van der Waals surface area contributed by atoms with E-state index in [0.717, 1.165) is 31.8 Å². The van der Waals surface area contributed by atoms with E-state index in [1.165, 1.54) is 32.1 Å². The number of carbonyl (C=O) groups excluding carboxylic acids is 1. The maximum absolute atomic E-state index is 11.9. The molecule has 2 aliphatic rings. The summed E-state index contributed by atoms with van der Waals surface area (Å²) in [7, 11) is 0. The Bertz CT molecular complexity index is 265. The molecule has 1 heterocycles. The summed E-state index contributed by atoms with van der Waals surface area (Å²) in [5.41, 5.74) is 0. The van der Waals surface area contributed by atoms with Gasteiger partial charge in [0.2, 0.25) is 5.91 Å². The van der Waals surface area contributed by atoms with E-state index in [0.29, 0.717) is 12.6 Å². The summed E-state index contributed by atoms with van der Waals surface area (Å²) in [6, 6.07) is 0.401. The van der Waals surface area contributed by atoms with Crippen LogP contribution >= 0.6 is 0 Å². The third kappa shape index (κ3) is 3.95. The minimum atomic E-state index is 0.159. The van der Waals surface area contributed by atoms with Crippen LogP contribution in [0.15, 0.2) is 0 Å². The summed E-state index contributed by atoms with van der Waals surface area (Å²) in [5, 5.41) is 12.1. The molecule has 104 valence electrons. The summed E-state index contributed by atoms with van der Waals surface area (Å²) in [6.45, 7) is 2.60. The Morgan fingerprint density at radius 1 is 1.22 bits per heavy atom. The van der Waals surface area contributed by atoms with Crippen molar-refractivity contribution < 1.29 is 9.90 Å². The van der Waals surface area contributed by atoms with Gasteiger partial charge in [0.1, 0.15) is 0 Å². The van der Waals surface area contributed by atoms with Gasteiger partial charge in [-0.05, 0) is 44.6 Å². The lowest BCUT2D eigenvalue weighted by Crippen LogP contribution is -2.46. The van der Waals surface area contributed by atoms with Crippen molar-refractivity contribution in [1.82, 2.24) is 10.2 Å². The van der Waals surface area contributed by atoms with E-state index >= 15 is 0 Å². The second-order valence-electron chi connectivity index (χ2n) is 5.73. The number of nitrogens with zero attached hydrogens (tertiary/aromatic N) is 1. The molecule has 2 rings (SSSR count). The van der Waals surface area contributed by atoms with Gasteiger partial charge in [0.15, 0.2) is 0 Å². The molecular formula is C14H26N2O2. The van der Waals surface area contributed by atoms with E-state index in [1.54, 1.807) is 0 Å². The first-order valence-corrected chi connectivity index (χ1v) is 7.41. The normalized spacial score (nSPS) is 25.7. The third-order valence-electron chi connectivity index (χ3n) is 4.37. The molecule has 0 radical (unpaired) electrons. The van der Waals surface area contributed by atoms with Crippen molar-refractivity contribution in [3.63, 3.8) is 0 Å². The number of carbonyl (C=O) groups is 1. The van der Waals surface area contributed by atoms with Gasteiger partial charge < -0.3 is 10.4 Å². The molecule has 1 unspecified atom stereocenters. The number of likely N-dealkylation sites (tertiary alicyclic amines) is 1. The van der Waals surface area contributed by atoms with Gasteiger partial charge in [-0.2, -0.15) is 0 Å². The topological polar surface area (TPSA) is 52.6 Å². The van der Waals surface area contributed by atoms with Crippen molar-refractivity contribution in [3.05, 3.63) is 0 Å². The lowest BCUT2D eigenvalue weighted by atomic mass is 9.85. The van der Waals surface area contributed by atoms with Crippen molar-refractivity contribution in [2.45, 2.75) is 51.0 Å². The maximum Gasteiger partial charge on any atom is 0.234 e. The molecule has 4 heteroatoms. The maximum atomic E-state index is 11.9. The van der Waals surface area contributed by atoms with Crippen LogP contribution in [0.5, 0.6) is 0 Å². The monoisotopic (exact) mass is 254 g/mol. The standard InChI is InChI=1S/C14H26N2O2/c17-9-7-13-6-1-2-8-16(13)11-14(18)15-10-12-4-3-5-12/h12-13,17H,1-11H2,(H,15,18). The van der Waals surface area contributed by atoms with Crippen LogP contribution in [0, 0.1) is 5.92 Å². The molecule has 2 fully saturated rings. The Morgan fingerprint density at radius 3 is 2.72 bits per heavy atom. The molecule has 0 bridgehead atoms. The van der Waals surface area contributed by atoms with E-state index in [1.807, 2.05) is 0 Å². The van der Waals surface area contributed by atoms with Crippen molar-refractivity contribution >= 4 is 5.91 Å². The highest BCUT2D eigenvalue weighted by Crippen LogP contribution is 2.25. The largest absolute Gasteiger partial charge is 0.396 e. The first-order chi connectivity index (χ1) is 8.79. The van der Waals surface area contributed by atoms with Gasteiger partial charge in [0.25, 0.3) is 0 Å². The molecule has 0 spiro atoms. The van der Waals surface area contributed by atoms with E-state index in [9.17, 15) is 4.79 Å². The van der Waals surface area contributed by atoms with Gasteiger partial charge in [-0.15, -0.1) is 0 Å². The minimum absolute atomic E-state index is 0.159. The van der Waals surface area contributed by atoms with Crippen LogP contribution in [0.3, 0.4) is 0 Å². The molecule has 1 atom stereocenters. The highest BCUT2D eigenvalue weighted by molar-refractivity contribution is 5.78. The molecule has 1 saturated carbocycles. The fraction of sp³-hybridized carbons (Fsp3) is 0.929. The number of piperidine rings is 1. The number of nitrogens with one attached hydrogen (secondary N) is 1. The Morgan fingerprint density at radius 2 is 2.06 bits per heavy atom. The Hall–Kier alpha value is -0.610. The fourth-order valence-corrected chi connectivity index (χ4v) is 2.94. The summed E-state index contributed by atoms with van der Waals surface area (Å²) < 4.78 is 0. The Kier molecular flexibility index (Phi) is 5.45. The Labute approximate surface area is 110 Å². The third-order valence-corrected chi connectivity index (χ3v) is 4.37. The van der Waals surface area contributed by atoms with Crippen LogP contribution in [0.25, 0.3) is 0 Å². The van der Waals surface area contributed by atoms with Crippen molar-refractivity contribution in [1.29, 1.82) is 0 Å². The second kappa shape index (κ2) is 7.10. The van der Waals surface area contributed by atoms with Gasteiger partial charge in [0, 0.05) is 19.2 Å². The van der Waals surface area contributed by atoms with Gasteiger partial charge in [-0.1, -0.05) is 12.8 Å². The van der Waals surface area contributed by atoms with Gasteiger partial charge in [-0.3, -0.25) is 9.69 Å². The van der Waals surface area contributed by atoms with Crippen LogP contribution < -0.4 is 5.32 Å². The molecule has 1 aliphatic carbocycles. The zero-order valence-electron chi connectivity index (χ0n) is 11.2. The molecule has 2 N–H and O–H groups in total. The number of aliphatic hydroxyl groups excluding tert-OH is 1. The summed E-state index contributed by atoms with van der Waals surface area (Å²) in [5.74, 6) is 0.885. The SMILES string of the molecule is O=C(CN1CCCCC1CCO)NCC1CCC1. The number of hydrogen-bond acceptors (Lipinski definition) is 3. The van der Waals surface area contributed by atoms with Crippen LogP contribution in [0.2, 0.25) is 0 Å². The summed E-state index contributed by atoms with van der Waals surface area (Å²) >= 11 is 0. The first kappa shape index (κ1) is 13.8. The van der Waals surface area contributed by atoms with Crippen LogP contribution in [0.1, 0.15) is 44.9 Å². The summed E-state index contributed by atoms with van der Waals surface area (Å²) in [6.07, 6.45) is 8.20. The predicted molar refractivity (Wildman–Crippen MR) is 71.3 cm³/mol. The molecule has 1 amide bonds. The zero-order valence-corrected chi connectivity index (χ0v) is 11.2. The highest BCUT2D eigenvalue weighted by atomic mass is 16.3. The van der Waals surface area contributed by atoms with E-state index in [-0.39, 0.29) is 12.5 Å². The van der Waals surface area contributed by atoms with Crippen molar-refractivity contribution in [3.8, 4) is 0 Å². The average Bonchev–Trinajstić information content (AvgIpc) is 2.30. The van der Waals surface area contributed by atoms with Crippen LogP contribution in [-0.2, 0) is 4.79 Å². The number of hydrogen-bond donors (Lipinski definition) is 2. The van der Waals surface area contributed by atoms with Gasteiger partial charge in [0.05, 0.1) is 6.54 Å². The second-order valence-corrected chi connectivity index (χ2v) is 5.73. The first-order valence-electron chi connectivity index (χ1n) is 7.41. The van der Waals surface area contributed by atoms with Crippen molar-refractivity contribution in [2.75, 3.05) is 26.2 Å².